The second-order valence-corrected chi connectivity index (χ2v) is 5.46. The van der Waals surface area contributed by atoms with Gasteiger partial charge in [-0.15, -0.1) is 5.10 Å². The minimum atomic E-state index is -0.341. The van der Waals surface area contributed by atoms with Crippen LogP contribution in [0.2, 0.25) is 0 Å². The van der Waals surface area contributed by atoms with Gasteiger partial charge in [-0.05, 0) is 44.5 Å². The third-order valence-corrected chi connectivity index (χ3v) is 3.57. The highest BCUT2D eigenvalue weighted by Gasteiger charge is 2.13. The van der Waals surface area contributed by atoms with Crippen LogP contribution in [0.4, 0.5) is 5.69 Å². The van der Waals surface area contributed by atoms with Gasteiger partial charge in [-0.25, -0.2) is 9.48 Å². The molecule has 0 aliphatic rings. The van der Waals surface area contributed by atoms with Crippen LogP contribution in [0.1, 0.15) is 17.0 Å². The van der Waals surface area contributed by atoms with Crippen LogP contribution in [0.15, 0.2) is 35.3 Å². The molecule has 0 saturated carbocycles. The fourth-order valence-corrected chi connectivity index (χ4v) is 2.60. The van der Waals surface area contributed by atoms with E-state index in [1.54, 1.807) is 24.4 Å². The first kappa shape index (κ1) is 15.0. The lowest BCUT2D eigenvalue weighted by Crippen LogP contribution is -2.28. The highest BCUT2D eigenvalue weighted by molar-refractivity contribution is 5.91. The smallest absolute Gasteiger partial charge is 0.323 e. The average molecular weight is 311 g/mol. The van der Waals surface area contributed by atoms with Crippen LogP contribution in [0.5, 0.6) is 0 Å². The minimum absolute atomic E-state index is 0.146. The van der Waals surface area contributed by atoms with E-state index in [2.05, 4.69) is 15.4 Å². The molecule has 3 aromatic rings. The van der Waals surface area contributed by atoms with E-state index >= 15 is 0 Å². The number of carbonyl (C=O) groups is 1. The maximum Gasteiger partial charge on any atom is 0.350 e. The number of hydrogen-bond donors (Lipinski definition) is 1. The van der Waals surface area contributed by atoms with Gasteiger partial charge in [0, 0.05) is 11.9 Å². The molecule has 7 nitrogen and oxygen atoms in total. The maximum atomic E-state index is 12.3. The van der Waals surface area contributed by atoms with Gasteiger partial charge in [-0.3, -0.25) is 14.2 Å². The largest absolute Gasteiger partial charge is 0.350 e. The topological polar surface area (TPSA) is 81.3 Å². The Morgan fingerprint density at radius 3 is 2.74 bits per heavy atom. The number of anilines is 1. The number of carbonyl (C=O) groups excluding carboxylic acids is 1. The summed E-state index contributed by atoms with van der Waals surface area (Å²) in [5, 5.41) is 6.96. The molecular weight excluding hydrogens is 294 g/mol. The first-order chi connectivity index (χ1) is 11.0. The molecule has 0 atom stereocenters. The predicted octanol–water partition coefficient (Wildman–Crippen LogP) is 1.45. The van der Waals surface area contributed by atoms with E-state index in [1.165, 1.54) is 4.40 Å². The molecule has 3 aromatic heterocycles. The van der Waals surface area contributed by atoms with Gasteiger partial charge in [0.1, 0.15) is 6.54 Å². The fourth-order valence-electron chi connectivity index (χ4n) is 2.60. The summed E-state index contributed by atoms with van der Waals surface area (Å²) < 4.78 is 2.55. The number of rotatable bonds is 3. The molecule has 118 valence electrons. The summed E-state index contributed by atoms with van der Waals surface area (Å²) in [4.78, 5) is 28.8. The Labute approximate surface area is 132 Å². The van der Waals surface area contributed by atoms with Gasteiger partial charge < -0.3 is 5.32 Å². The van der Waals surface area contributed by atoms with Gasteiger partial charge >= 0.3 is 5.69 Å². The van der Waals surface area contributed by atoms with E-state index in [0.717, 1.165) is 21.6 Å². The zero-order valence-electron chi connectivity index (χ0n) is 13.2. The molecule has 3 rings (SSSR count). The Morgan fingerprint density at radius 1 is 1.26 bits per heavy atom. The van der Waals surface area contributed by atoms with E-state index in [-0.39, 0.29) is 18.1 Å². The summed E-state index contributed by atoms with van der Waals surface area (Å²) in [7, 11) is 0. The zero-order chi connectivity index (χ0) is 16.6. The SMILES string of the molecule is Cc1cc(C)c(NC(=O)Cn2nc3ccccn3c2=O)c(C)n1. The molecule has 0 radical (unpaired) electrons. The molecule has 1 N–H and O–H groups in total. The molecular formula is C16H17N5O2. The van der Waals surface area contributed by atoms with Crippen molar-refractivity contribution in [2.24, 2.45) is 0 Å². The molecule has 3 heterocycles. The van der Waals surface area contributed by atoms with Gasteiger partial charge in [0.15, 0.2) is 5.65 Å². The number of nitrogens with one attached hydrogen (secondary N) is 1. The van der Waals surface area contributed by atoms with Crippen LogP contribution in [0.3, 0.4) is 0 Å². The van der Waals surface area contributed by atoms with Crippen LogP contribution in [-0.2, 0) is 11.3 Å². The Morgan fingerprint density at radius 2 is 2.04 bits per heavy atom. The number of fused-ring (bicyclic) bond motifs is 1. The van der Waals surface area contributed by atoms with E-state index < -0.39 is 0 Å². The lowest BCUT2D eigenvalue weighted by atomic mass is 10.1. The summed E-state index contributed by atoms with van der Waals surface area (Å²) in [6, 6.07) is 7.15. The van der Waals surface area contributed by atoms with Crippen molar-refractivity contribution in [2.45, 2.75) is 27.3 Å². The average Bonchev–Trinajstić information content (AvgIpc) is 2.80. The lowest BCUT2D eigenvalue weighted by molar-refractivity contribution is -0.117. The van der Waals surface area contributed by atoms with Crippen LogP contribution >= 0.6 is 0 Å². The summed E-state index contributed by atoms with van der Waals surface area (Å²) in [6.45, 7) is 5.51. The van der Waals surface area contributed by atoms with Crippen molar-refractivity contribution < 1.29 is 4.79 Å². The van der Waals surface area contributed by atoms with E-state index in [9.17, 15) is 9.59 Å². The van der Waals surface area contributed by atoms with Gasteiger partial charge in [0.25, 0.3) is 0 Å². The quantitative estimate of drug-likeness (QED) is 0.794. The molecule has 0 unspecified atom stereocenters. The van der Waals surface area contributed by atoms with Crippen molar-refractivity contribution >= 4 is 17.2 Å². The van der Waals surface area contributed by atoms with Crippen LogP contribution in [-0.4, -0.2) is 25.1 Å². The summed E-state index contributed by atoms with van der Waals surface area (Å²) in [5.41, 5.74) is 3.43. The Bertz CT molecular complexity index is 931. The molecule has 7 heteroatoms. The summed E-state index contributed by atoms with van der Waals surface area (Å²) in [6.07, 6.45) is 1.62. The van der Waals surface area contributed by atoms with Crippen LogP contribution in [0, 0.1) is 20.8 Å². The third-order valence-electron chi connectivity index (χ3n) is 3.57. The summed E-state index contributed by atoms with van der Waals surface area (Å²) in [5.74, 6) is -0.313. The van der Waals surface area contributed by atoms with Gasteiger partial charge in [0.05, 0.1) is 11.4 Å². The number of hydrogen-bond acceptors (Lipinski definition) is 4. The lowest BCUT2D eigenvalue weighted by Gasteiger charge is -2.11. The van der Waals surface area contributed by atoms with Gasteiger partial charge in [-0.1, -0.05) is 6.07 Å². The minimum Gasteiger partial charge on any atom is -0.323 e. The Hall–Kier alpha value is -2.96. The highest BCUT2D eigenvalue weighted by atomic mass is 16.2. The van der Waals surface area contributed by atoms with Crippen molar-refractivity contribution in [1.82, 2.24) is 19.2 Å². The van der Waals surface area contributed by atoms with Crippen LogP contribution < -0.4 is 11.0 Å². The summed E-state index contributed by atoms with van der Waals surface area (Å²) >= 11 is 0. The molecule has 0 spiro atoms. The molecule has 0 bridgehead atoms. The number of pyridine rings is 2. The molecule has 1 amide bonds. The fraction of sp³-hybridized carbons (Fsp3) is 0.250. The zero-order valence-corrected chi connectivity index (χ0v) is 13.2. The van der Waals surface area contributed by atoms with E-state index in [1.807, 2.05) is 26.8 Å². The number of aromatic nitrogens is 4. The van der Waals surface area contributed by atoms with Crippen LogP contribution in [0.25, 0.3) is 5.65 Å². The highest BCUT2D eigenvalue weighted by Crippen LogP contribution is 2.19. The van der Waals surface area contributed by atoms with Crippen molar-refractivity contribution in [3.8, 4) is 0 Å². The Balaban J connectivity index is 1.85. The first-order valence-electron chi connectivity index (χ1n) is 7.24. The van der Waals surface area contributed by atoms with E-state index in [4.69, 9.17) is 0 Å². The van der Waals surface area contributed by atoms with Crippen molar-refractivity contribution in [1.29, 1.82) is 0 Å². The molecule has 0 aromatic carbocycles. The van der Waals surface area contributed by atoms with Gasteiger partial charge in [-0.2, -0.15) is 0 Å². The Kier molecular flexibility index (Phi) is 3.69. The van der Waals surface area contributed by atoms with Crippen molar-refractivity contribution in [2.75, 3.05) is 5.32 Å². The molecule has 0 fully saturated rings. The number of aryl methyl sites for hydroxylation is 3. The first-order valence-corrected chi connectivity index (χ1v) is 7.24. The van der Waals surface area contributed by atoms with Crippen molar-refractivity contribution in [3.05, 3.63) is 57.9 Å². The molecule has 0 aliphatic heterocycles. The van der Waals surface area contributed by atoms with Crippen molar-refractivity contribution in [3.63, 3.8) is 0 Å². The van der Waals surface area contributed by atoms with E-state index in [0.29, 0.717) is 11.3 Å². The monoisotopic (exact) mass is 311 g/mol. The second-order valence-electron chi connectivity index (χ2n) is 5.46. The maximum absolute atomic E-state index is 12.3. The normalized spacial score (nSPS) is 10.9. The van der Waals surface area contributed by atoms with Gasteiger partial charge in [0.2, 0.25) is 5.91 Å². The third kappa shape index (κ3) is 2.85. The number of amides is 1. The second kappa shape index (κ2) is 5.68. The molecule has 23 heavy (non-hydrogen) atoms. The number of nitrogens with zero attached hydrogens (tertiary/aromatic N) is 4. The predicted molar refractivity (Wildman–Crippen MR) is 86.5 cm³/mol. The molecule has 0 aliphatic carbocycles. The standard InChI is InChI=1S/C16H17N5O2/c1-10-8-11(2)17-12(3)15(10)18-14(22)9-21-16(23)20-7-5-4-6-13(20)19-21/h4-8H,9H2,1-3H3,(H,18,22). The molecule has 0 saturated heterocycles.